The second-order valence-corrected chi connectivity index (χ2v) is 7.55. The average molecular weight is 362 g/mol. The number of carbonyl (C=O) groups is 1. The third-order valence-electron chi connectivity index (χ3n) is 5.21. The minimum atomic E-state index is -0.306. The van der Waals surface area contributed by atoms with Crippen molar-refractivity contribution >= 4 is 16.9 Å². The molecule has 4 heteroatoms. The molecule has 0 bridgehead atoms. The molecule has 0 aliphatic carbocycles. The molecule has 2 N–H and O–H groups in total. The Morgan fingerprint density at radius 2 is 1.85 bits per heavy atom. The topological polar surface area (TPSA) is 54.1 Å². The van der Waals surface area contributed by atoms with E-state index in [9.17, 15) is 4.79 Å². The largest absolute Gasteiger partial charge is 0.462 e. The van der Waals surface area contributed by atoms with Crippen molar-refractivity contribution in [3.8, 4) is 0 Å². The van der Waals surface area contributed by atoms with Crippen molar-refractivity contribution in [2.24, 2.45) is 0 Å². The molecule has 27 heavy (non-hydrogen) atoms. The maximum Gasteiger partial charge on any atom is 0.323 e. The monoisotopic (exact) mass is 362 g/mol. The molecule has 4 rings (SSSR count). The summed E-state index contributed by atoms with van der Waals surface area (Å²) >= 11 is 0. The molecule has 1 aromatic heterocycles. The maximum atomic E-state index is 12.6. The molecule has 0 fully saturated rings. The van der Waals surface area contributed by atoms with Gasteiger partial charge in [0.25, 0.3) is 0 Å². The fourth-order valence-corrected chi connectivity index (χ4v) is 3.98. The highest BCUT2D eigenvalue weighted by Gasteiger charge is 2.34. The van der Waals surface area contributed by atoms with E-state index in [1.807, 2.05) is 26.0 Å². The number of fused-ring (bicyclic) bond motifs is 3. The molecule has 140 valence electrons. The van der Waals surface area contributed by atoms with E-state index < -0.39 is 0 Å². The first-order valence-corrected chi connectivity index (χ1v) is 9.71. The Bertz CT molecular complexity index is 930. The average Bonchev–Trinajstić information content (AvgIpc) is 3.05. The minimum absolute atomic E-state index is 0.103. The van der Waals surface area contributed by atoms with Crippen LogP contribution in [0.5, 0.6) is 0 Å². The standard InChI is InChI=1S/C23H26N2O2/c1-15(2)27-23(26)21-14-18-17-10-6-7-11-19(17)25-22(18)20(24-21)13-12-16-8-4-3-5-9-16/h3-11,15,20-21,24-25H,12-14H2,1-2H3/t20-,21-/m0/s1. The summed E-state index contributed by atoms with van der Waals surface area (Å²) in [6.07, 6.45) is 2.44. The van der Waals surface area contributed by atoms with Crippen LogP contribution in [0.1, 0.15) is 43.1 Å². The summed E-state index contributed by atoms with van der Waals surface area (Å²) < 4.78 is 5.49. The van der Waals surface area contributed by atoms with E-state index in [4.69, 9.17) is 4.74 Å². The Labute approximate surface area is 159 Å². The zero-order valence-corrected chi connectivity index (χ0v) is 15.9. The van der Waals surface area contributed by atoms with E-state index >= 15 is 0 Å². The quantitative estimate of drug-likeness (QED) is 0.665. The number of benzene rings is 2. The molecule has 0 unspecified atom stereocenters. The van der Waals surface area contributed by atoms with Gasteiger partial charge in [-0.25, -0.2) is 0 Å². The molecule has 0 amide bonds. The lowest BCUT2D eigenvalue weighted by Crippen LogP contribution is -2.46. The Kier molecular flexibility index (Phi) is 4.99. The first-order valence-electron chi connectivity index (χ1n) is 9.71. The predicted octanol–water partition coefficient (Wildman–Crippen LogP) is 4.31. The highest BCUT2D eigenvalue weighted by molar-refractivity contribution is 5.87. The Balaban J connectivity index is 1.63. The third-order valence-corrected chi connectivity index (χ3v) is 5.21. The van der Waals surface area contributed by atoms with Crippen LogP contribution in [-0.4, -0.2) is 23.1 Å². The number of para-hydroxylation sites is 1. The number of rotatable bonds is 5. The van der Waals surface area contributed by atoms with E-state index in [0.717, 1.165) is 18.4 Å². The predicted molar refractivity (Wildman–Crippen MR) is 108 cm³/mol. The second kappa shape index (κ2) is 7.57. The summed E-state index contributed by atoms with van der Waals surface area (Å²) in [4.78, 5) is 16.2. The van der Waals surface area contributed by atoms with Gasteiger partial charge in [0.05, 0.1) is 6.10 Å². The summed E-state index contributed by atoms with van der Waals surface area (Å²) in [6.45, 7) is 3.79. The van der Waals surface area contributed by atoms with Crippen molar-refractivity contribution < 1.29 is 9.53 Å². The molecule has 2 aromatic carbocycles. The maximum absolute atomic E-state index is 12.6. The van der Waals surface area contributed by atoms with Crippen LogP contribution in [-0.2, 0) is 22.4 Å². The number of aromatic nitrogens is 1. The second-order valence-electron chi connectivity index (χ2n) is 7.55. The van der Waals surface area contributed by atoms with Crippen LogP contribution < -0.4 is 5.32 Å². The Hall–Kier alpha value is -2.59. The van der Waals surface area contributed by atoms with Gasteiger partial charge in [-0.3, -0.25) is 10.1 Å². The van der Waals surface area contributed by atoms with Crippen LogP contribution in [0.2, 0.25) is 0 Å². The molecule has 3 aromatic rings. The van der Waals surface area contributed by atoms with Gasteiger partial charge in [-0.2, -0.15) is 0 Å². The number of aromatic amines is 1. The summed E-state index contributed by atoms with van der Waals surface area (Å²) in [7, 11) is 0. The molecular weight excluding hydrogens is 336 g/mol. The molecule has 0 saturated carbocycles. The minimum Gasteiger partial charge on any atom is -0.462 e. The number of aryl methyl sites for hydroxylation is 1. The molecule has 4 nitrogen and oxygen atoms in total. The van der Waals surface area contributed by atoms with E-state index in [0.29, 0.717) is 6.42 Å². The van der Waals surface area contributed by atoms with Crippen LogP contribution in [0.15, 0.2) is 54.6 Å². The fourth-order valence-electron chi connectivity index (χ4n) is 3.98. The molecule has 1 aliphatic heterocycles. The highest BCUT2D eigenvalue weighted by atomic mass is 16.5. The van der Waals surface area contributed by atoms with Crippen LogP contribution >= 0.6 is 0 Å². The molecule has 2 atom stereocenters. The highest BCUT2D eigenvalue weighted by Crippen LogP contribution is 2.34. The number of H-pyrrole nitrogens is 1. The van der Waals surface area contributed by atoms with Crippen molar-refractivity contribution in [1.82, 2.24) is 10.3 Å². The number of ether oxygens (including phenoxy) is 1. The number of hydrogen-bond acceptors (Lipinski definition) is 3. The number of nitrogens with one attached hydrogen (secondary N) is 2. The molecular formula is C23H26N2O2. The Morgan fingerprint density at radius 1 is 1.11 bits per heavy atom. The van der Waals surface area contributed by atoms with Gasteiger partial charge in [0.2, 0.25) is 0 Å². The van der Waals surface area contributed by atoms with Gasteiger partial charge in [-0.05, 0) is 43.9 Å². The summed E-state index contributed by atoms with van der Waals surface area (Å²) in [5, 5.41) is 4.75. The van der Waals surface area contributed by atoms with E-state index in [1.54, 1.807) is 0 Å². The summed E-state index contributed by atoms with van der Waals surface area (Å²) in [5.41, 5.74) is 4.89. The fraction of sp³-hybridized carbons (Fsp3) is 0.348. The van der Waals surface area contributed by atoms with E-state index in [1.165, 1.54) is 22.2 Å². The molecule has 0 spiro atoms. The van der Waals surface area contributed by atoms with Crippen molar-refractivity contribution in [3.63, 3.8) is 0 Å². The number of esters is 1. The Morgan fingerprint density at radius 3 is 2.63 bits per heavy atom. The van der Waals surface area contributed by atoms with E-state index in [2.05, 4.69) is 52.8 Å². The van der Waals surface area contributed by atoms with Crippen molar-refractivity contribution in [1.29, 1.82) is 0 Å². The van der Waals surface area contributed by atoms with Gasteiger partial charge >= 0.3 is 5.97 Å². The first-order chi connectivity index (χ1) is 13.1. The zero-order valence-electron chi connectivity index (χ0n) is 15.9. The molecule has 0 radical (unpaired) electrons. The molecule has 2 heterocycles. The first kappa shape index (κ1) is 17.8. The van der Waals surface area contributed by atoms with Gasteiger partial charge in [-0.1, -0.05) is 48.5 Å². The van der Waals surface area contributed by atoms with Crippen molar-refractivity contribution in [2.45, 2.75) is 51.3 Å². The van der Waals surface area contributed by atoms with Crippen molar-refractivity contribution in [3.05, 3.63) is 71.4 Å². The van der Waals surface area contributed by atoms with Gasteiger partial charge < -0.3 is 9.72 Å². The summed E-state index contributed by atoms with van der Waals surface area (Å²) in [6, 6.07) is 18.6. The SMILES string of the molecule is CC(C)OC(=O)[C@@H]1Cc2c([nH]c3ccccc23)[C@H](CCc2ccccc2)N1. The van der Waals surface area contributed by atoms with Gasteiger partial charge in [-0.15, -0.1) is 0 Å². The van der Waals surface area contributed by atoms with E-state index in [-0.39, 0.29) is 24.2 Å². The third kappa shape index (κ3) is 3.76. The van der Waals surface area contributed by atoms with Crippen molar-refractivity contribution in [2.75, 3.05) is 0 Å². The van der Waals surface area contributed by atoms with Crippen LogP contribution in [0.3, 0.4) is 0 Å². The van der Waals surface area contributed by atoms with Gasteiger partial charge in [0, 0.05) is 29.1 Å². The lowest BCUT2D eigenvalue weighted by molar-refractivity contribution is -0.150. The molecule has 0 saturated heterocycles. The van der Waals surface area contributed by atoms with Gasteiger partial charge in [0.1, 0.15) is 6.04 Å². The normalized spacial score (nSPS) is 19.2. The lowest BCUT2D eigenvalue weighted by atomic mass is 9.91. The lowest BCUT2D eigenvalue weighted by Gasteiger charge is -2.30. The van der Waals surface area contributed by atoms with Crippen LogP contribution in [0.4, 0.5) is 0 Å². The number of hydrogen-bond donors (Lipinski definition) is 2. The zero-order chi connectivity index (χ0) is 18.8. The van der Waals surface area contributed by atoms with Crippen LogP contribution in [0.25, 0.3) is 10.9 Å². The number of carbonyl (C=O) groups excluding carboxylic acids is 1. The van der Waals surface area contributed by atoms with Gasteiger partial charge in [0.15, 0.2) is 0 Å². The summed E-state index contributed by atoms with van der Waals surface area (Å²) in [5.74, 6) is -0.161. The molecule has 1 aliphatic rings. The van der Waals surface area contributed by atoms with Crippen LogP contribution in [0, 0.1) is 0 Å². The smallest absolute Gasteiger partial charge is 0.323 e.